The van der Waals surface area contributed by atoms with Crippen molar-refractivity contribution in [1.29, 1.82) is 0 Å². The Labute approximate surface area is 145 Å². The molecule has 1 aromatic heterocycles. The number of hydrogen-bond acceptors (Lipinski definition) is 6. The van der Waals surface area contributed by atoms with Gasteiger partial charge in [0.15, 0.2) is 0 Å². The van der Waals surface area contributed by atoms with Crippen LogP contribution in [0.3, 0.4) is 0 Å². The number of amides is 1. The van der Waals surface area contributed by atoms with Gasteiger partial charge in [-0.1, -0.05) is 12.1 Å². The molecule has 2 N–H and O–H groups in total. The topological polar surface area (TPSA) is 99.0 Å². The molecule has 1 aromatic carbocycles. The molecule has 132 valence electrons. The number of benzene rings is 1. The average molecular weight is 344 g/mol. The van der Waals surface area contributed by atoms with Crippen molar-refractivity contribution in [3.05, 3.63) is 36.5 Å². The summed E-state index contributed by atoms with van der Waals surface area (Å²) in [7, 11) is 0. The predicted octanol–water partition coefficient (Wildman–Crippen LogP) is 1.46. The highest BCUT2D eigenvalue weighted by Gasteiger charge is 2.16. The number of aliphatic hydroxyl groups excluding tert-OH is 1. The maximum Gasteiger partial charge on any atom is 0.411 e. The number of morpholine rings is 1. The van der Waals surface area contributed by atoms with E-state index in [0.717, 1.165) is 29.2 Å². The summed E-state index contributed by atoms with van der Waals surface area (Å²) in [6, 6.07) is 8.86. The first-order valence-corrected chi connectivity index (χ1v) is 8.06. The first kappa shape index (κ1) is 17.1. The van der Waals surface area contributed by atoms with E-state index in [1.165, 1.54) is 0 Å². The van der Waals surface area contributed by atoms with Crippen LogP contribution in [0, 0.1) is 0 Å². The maximum absolute atomic E-state index is 11.2. The number of aromatic nitrogens is 2. The standard InChI is InChI=1S/C17H20N4O4/c22-10-7-21(17(23)24)14-3-1-13(2-4-14)15-5-6-18-16(19-15)20-8-11-25-12-9-20/h1-6,22H,7-12H2,(H,23,24). The summed E-state index contributed by atoms with van der Waals surface area (Å²) >= 11 is 0. The number of ether oxygens (including phenoxy) is 1. The van der Waals surface area contributed by atoms with Gasteiger partial charge in [0.1, 0.15) is 0 Å². The molecule has 8 heteroatoms. The molecule has 0 atom stereocenters. The van der Waals surface area contributed by atoms with E-state index in [4.69, 9.17) is 9.84 Å². The Kier molecular flexibility index (Phi) is 5.42. The van der Waals surface area contributed by atoms with E-state index in [1.54, 1.807) is 18.3 Å². The molecular weight excluding hydrogens is 324 g/mol. The van der Waals surface area contributed by atoms with Crippen LogP contribution in [0.5, 0.6) is 0 Å². The molecule has 1 amide bonds. The molecule has 2 aromatic rings. The molecule has 1 aliphatic rings. The second kappa shape index (κ2) is 7.91. The molecule has 8 nitrogen and oxygen atoms in total. The van der Waals surface area contributed by atoms with Crippen molar-refractivity contribution in [3.8, 4) is 11.3 Å². The molecule has 1 aliphatic heterocycles. The van der Waals surface area contributed by atoms with E-state index >= 15 is 0 Å². The van der Waals surface area contributed by atoms with Crippen molar-refractivity contribution in [2.24, 2.45) is 0 Å². The van der Waals surface area contributed by atoms with Crippen LogP contribution in [-0.4, -0.2) is 65.7 Å². The minimum absolute atomic E-state index is 0.0311. The lowest BCUT2D eigenvalue weighted by Crippen LogP contribution is -2.37. The Morgan fingerprint density at radius 1 is 1.20 bits per heavy atom. The van der Waals surface area contributed by atoms with Crippen LogP contribution >= 0.6 is 0 Å². The molecule has 2 heterocycles. The lowest BCUT2D eigenvalue weighted by molar-refractivity contribution is 0.122. The fourth-order valence-electron chi connectivity index (χ4n) is 2.67. The molecule has 0 aliphatic carbocycles. The number of hydrogen-bond donors (Lipinski definition) is 2. The summed E-state index contributed by atoms with van der Waals surface area (Å²) in [4.78, 5) is 23.4. The number of aliphatic hydroxyl groups is 1. The average Bonchev–Trinajstić information content (AvgIpc) is 2.67. The monoisotopic (exact) mass is 344 g/mol. The minimum Gasteiger partial charge on any atom is -0.465 e. The van der Waals surface area contributed by atoms with Gasteiger partial charge in [0.25, 0.3) is 0 Å². The highest BCUT2D eigenvalue weighted by atomic mass is 16.5. The third-order valence-corrected chi connectivity index (χ3v) is 3.97. The third kappa shape index (κ3) is 4.04. The van der Waals surface area contributed by atoms with Crippen LogP contribution in [0.25, 0.3) is 11.3 Å². The van der Waals surface area contributed by atoms with Gasteiger partial charge >= 0.3 is 6.09 Å². The van der Waals surface area contributed by atoms with Gasteiger partial charge in [0.05, 0.1) is 32.1 Å². The zero-order valence-electron chi connectivity index (χ0n) is 13.7. The molecule has 25 heavy (non-hydrogen) atoms. The number of rotatable bonds is 5. The summed E-state index contributed by atoms with van der Waals surface area (Å²) in [5, 5.41) is 18.2. The number of anilines is 2. The highest BCUT2D eigenvalue weighted by molar-refractivity contribution is 5.86. The third-order valence-electron chi connectivity index (χ3n) is 3.97. The smallest absolute Gasteiger partial charge is 0.411 e. The lowest BCUT2D eigenvalue weighted by atomic mass is 10.1. The fourth-order valence-corrected chi connectivity index (χ4v) is 2.67. The van der Waals surface area contributed by atoms with E-state index in [9.17, 15) is 9.90 Å². The second-order valence-electron chi connectivity index (χ2n) is 5.55. The SMILES string of the molecule is O=C(O)N(CCO)c1ccc(-c2ccnc(N3CCOCC3)n2)cc1. The van der Waals surface area contributed by atoms with E-state index in [-0.39, 0.29) is 13.2 Å². The first-order valence-electron chi connectivity index (χ1n) is 8.06. The molecule has 1 fully saturated rings. The van der Waals surface area contributed by atoms with Crippen LogP contribution in [0.15, 0.2) is 36.5 Å². The van der Waals surface area contributed by atoms with Crippen LogP contribution in [0.4, 0.5) is 16.4 Å². The van der Waals surface area contributed by atoms with Gasteiger partial charge in [0, 0.05) is 30.5 Å². The van der Waals surface area contributed by atoms with Gasteiger partial charge in [-0.3, -0.25) is 4.90 Å². The molecule has 0 bridgehead atoms. The first-order chi connectivity index (χ1) is 12.2. The van der Waals surface area contributed by atoms with Crippen molar-refractivity contribution >= 4 is 17.7 Å². The van der Waals surface area contributed by atoms with E-state index in [2.05, 4.69) is 14.9 Å². The Morgan fingerprint density at radius 3 is 2.56 bits per heavy atom. The summed E-state index contributed by atoms with van der Waals surface area (Å²) in [6.07, 6.45) is 0.620. The van der Waals surface area contributed by atoms with Crippen LogP contribution in [-0.2, 0) is 4.74 Å². The van der Waals surface area contributed by atoms with Gasteiger partial charge in [-0.25, -0.2) is 14.8 Å². The van der Waals surface area contributed by atoms with Crippen molar-refractivity contribution in [2.75, 3.05) is 49.3 Å². The largest absolute Gasteiger partial charge is 0.465 e. The summed E-state index contributed by atoms with van der Waals surface area (Å²) in [5.74, 6) is 0.664. The molecule has 0 unspecified atom stereocenters. The Bertz CT molecular complexity index is 717. The van der Waals surface area contributed by atoms with E-state index in [0.29, 0.717) is 24.8 Å². The number of carbonyl (C=O) groups is 1. The van der Waals surface area contributed by atoms with Crippen molar-refractivity contribution < 1.29 is 19.7 Å². The summed E-state index contributed by atoms with van der Waals surface area (Å²) in [6.45, 7) is 2.65. The quantitative estimate of drug-likeness (QED) is 0.847. The lowest BCUT2D eigenvalue weighted by Gasteiger charge is -2.26. The van der Waals surface area contributed by atoms with Gasteiger partial charge < -0.3 is 19.8 Å². The summed E-state index contributed by atoms with van der Waals surface area (Å²) < 4.78 is 5.34. The number of nitrogens with zero attached hydrogens (tertiary/aromatic N) is 4. The van der Waals surface area contributed by atoms with Gasteiger partial charge in [-0.05, 0) is 18.2 Å². The Balaban J connectivity index is 1.81. The number of carboxylic acid groups (broad SMARTS) is 1. The minimum atomic E-state index is -1.10. The zero-order valence-corrected chi connectivity index (χ0v) is 13.7. The van der Waals surface area contributed by atoms with Crippen molar-refractivity contribution in [1.82, 2.24) is 9.97 Å². The fraction of sp³-hybridized carbons (Fsp3) is 0.353. The van der Waals surface area contributed by atoms with Gasteiger partial charge in [-0.2, -0.15) is 0 Å². The van der Waals surface area contributed by atoms with Gasteiger partial charge in [-0.15, -0.1) is 0 Å². The predicted molar refractivity (Wildman–Crippen MR) is 93.0 cm³/mol. The van der Waals surface area contributed by atoms with Crippen molar-refractivity contribution in [3.63, 3.8) is 0 Å². The maximum atomic E-state index is 11.2. The molecular formula is C17H20N4O4. The van der Waals surface area contributed by atoms with E-state index in [1.807, 2.05) is 18.2 Å². The Hall–Kier alpha value is -2.71. The summed E-state index contributed by atoms with van der Waals surface area (Å²) in [5.41, 5.74) is 2.15. The molecule has 0 spiro atoms. The molecule has 0 saturated carbocycles. The second-order valence-corrected chi connectivity index (χ2v) is 5.55. The van der Waals surface area contributed by atoms with Crippen LogP contribution in [0.1, 0.15) is 0 Å². The van der Waals surface area contributed by atoms with E-state index < -0.39 is 6.09 Å². The van der Waals surface area contributed by atoms with Gasteiger partial charge in [0.2, 0.25) is 5.95 Å². The Morgan fingerprint density at radius 2 is 1.92 bits per heavy atom. The van der Waals surface area contributed by atoms with Crippen LogP contribution in [0.2, 0.25) is 0 Å². The zero-order chi connectivity index (χ0) is 17.6. The molecule has 3 rings (SSSR count). The molecule has 0 radical (unpaired) electrons. The van der Waals surface area contributed by atoms with Crippen molar-refractivity contribution in [2.45, 2.75) is 0 Å². The van der Waals surface area contributed by atoms with Crippen LogP contribution < -0.4 is 9.80 Å². The highest BCUT2D eigenvalue weighted by Crippen LogP contribution is 2.23. The normalized spacial score (nSPS) is 14.4. The molecule has 1 saturated heterocycles.